The molecule has 21 heavy (non-hydrogen) atoms. The highest BCUT2D eigenvalue weighted by atomic mass is 35.5. The van der Waals surface area contributed by atoms with Gasteiger partial charge in [0.2, 0.25) is 0 Å². The van der Waals surface area contributed by atoms with Gasteiger partial charge in [0.15, 0.2) is 0 Å². The summed E-state index contributed by atoms with van der Waals surface area (Å²) in [6.07, 6.45) is 0. The summed E-state index contributed by atoms with van der Waals surface area (Å²) in [6.45, 7) is 3.59. The summed E-state index contributed by atoms with van der Waals surface area (Å²) in [6, 6.07) is 13.7. The molecule has 0 saturated carbocycles. The van der Waals surface area contributed by atoms with Gasteiger partial charge < -0.3 is 0 Å². The number of benzene rings is 2. The summed E-state index contributed by atoms with van der Waals surface area (Å²) in [5.41, 5.74) is 2.17. The van der Waals surface area contributed by atoms with Crippen molar-refractivity contribution in [3.63, 3.8) is 0 Å². The van der Waals surface area contributed by atoms with Crippen molar-refractivity contribution >= 4 is 27.3 Å². The Labute approximate surface area is 129 Å². The van der Waals surface area contributed by atoms with Gasteiger partial charge in [-0.15, -0.1) is 0 Å². The molecule has 0 bridgehead atoms. The van der Waals surface area contributed by atoms with Gasteiger partial charge >= 0.3 is 0 Å². The van der Waals surface area contributed by atoms with Gasteiger partial charge in [0.05, 0.1) is 10.6 Å². The molecule has 0 radical (unpaired) electrons. The second-order valence-corrected chi connectivity index (χ2v) is 6.65. The Balaban J connectivity index is 2.23. The normalized spacial score (nSPS) is 12.2. The summed E-state index contributed by atoms with van der Waals surface area (Å²) in [7, 11) is -3.67. The third kappa shape index (κ3) is 3.83. The Morgan fingerprint density at radius 3 is 2.33 bits per heavy atom. The Bertz CT molecular complexity index is 769. The van der Waals surface area contributed by atoms with Crippen molar-refractivity contribution in [2.45, 2.75) is 18.7 Å². The van der Waals surface area contributed by atoms with E-state index >= 15 is 0 Å². The molecular formula is C15H15ClN2O2S. The van der Waals surface area contributed by atoms with Crippen LogP contribution in [0.2, 0.25) is 5.02 Å². The minimum atomic E-state index is -3.67. The van der Waals surface area contributed by atoms with Gasteiger partial charge in [-0.1, -0.05) is 47.5 Å². The first-order valence-electron chi connectivity index (χ1n) is 6.28. The number of hydrazone groups is 1. The van der Waals surface area contributed by atoms with Gasteiger partial charge in [0, 0.05) is 10.6 Å². The number of hydrogen-bond acceptors (Lipinski definition) is 3. The maximum atomic E-state index is 12.1. The van der Waals surface area contributed by atoms with Gasteiger partial charge in [-0.25, -0.2) is 0 Å². The number of aryl methyl sites for hydroxylation is 1. The van der Waals surface area contributed by atoms with E-state index in [1.54, 1.807) is 37.3 Å². The van der Waals surface area contributed by atoms with Crippen LogP contribution < -0.4 is 4.83 Å². The van der Waals surface area contributed by atoms with Crippen molar-refractivity contribution in [3.8, 4) is 0 Å². The van der Waals surface area contributed by atoms with Crippen LogP contribution in [0, 0.1) is 6.92 Å². The summed E-state index contributed by atoms with van der Waals surface area (Å²) < 4.78 is 24.2. The standard InChI is InChI=1S/C15H15ClN2O2S/c1-11-7-9-13(10-8-11)21(19,20)18-17-12(2)14-5-3-4-6-15(14)16/h3-10,18H,1-2H3. The fourth-order valence-corrected chi connectivity index (χ4v) is 2.84. The SMILES string of the molecule is CC(=NNS(=O)(=O)c1ccc(C)cc1)c1ccccc1Cl. The topological polar surface area (TPSA) is 58.5 Å². The van der Waals surface area contributed by atoms with E-state index in [0.717, 1.165) is 5.56 Å². The first-order valence-corrected chi connectivity index (χ1v) is 8.14. The maximum Gasteiger partial charge on any atom is 0.276 e. The fourth-order valence-electron chi connectivity index (χ4n) is 1.71. The molecule has 0 aliphatic rings. The summed E-state index contributed by atoms with van der Waals surface area (Å²) in [5.74, 6) is 0. The lowest BCUT2D eigenvalue weighted by Crippen LogP contribution is -2.20. The van der Waals surface area contributed by atoms with Crippen molar-refractivity contribution in [3.05, 3.63) is 64.7 Å². The highest BCUT2D eigenvalue weighted by Crippen LogP contribution is 2.16. The second kappa shape index (κ2) is 6.28. The van der Waals surface area contributed by atoms with E-state index in [4.69, 9.17) is 11.6 Å². The van der Waals surface area contributed by atoms with Crippen LogP contribution in [0.3, 0.4) is 0 Å². The number of hydrogen-bond donors (Lipinski definition) is 1. The first kappa shape index (κ1) is 15.5. The summed E-state index contributed by atoms with van der Waals surface area (Å²) in [5, 5.41) is 4.44. The Kier molecular flexibility index (Phi) is 4.65. The average Bonchev–Trinajstić information content (AvgIpc) is 2.46. The third-order valence-electron chi connectivity index (χ3n) is 2.93. The molecule has 0 atom stereocenters. The van der Waals surface area contributed by atoms with Crippen molar-refractivity contribution in [1.29, 1.82) is 0 Å². The van der Waals surface area contributed by atoms with Crippen LogP contribution in [-0.4, -0.2) is 14.1 Å². The largest absolute Gasteiger partial charge is 0.276 e. The molecule has 0 spiro atoms. The molecule has 0 amide bonds. The predicted molar refractivity (Wildman–Crippen MR) is 85.2 cm³/mol. The zero-order valence-corrected chi connectivity index (χ0v) is 13.2. The van der Waals surface area contributed by atoms with Crippen molar-refractivity contribution in [1.82, 2.24) is 4.83 Å². The van der Waals surface area contributed by atoms with Crippen molar-refractivity contribution < 1.29 is 8.42 Å². The average molecular weight is 323 g/mol. The number of sulfonamides is 1. The molecule has 110 valence electrons. The van der Waals surface area contributed by atoms with Crippen molar-refractivity contribution in [2.24, 2.45) is 5.10 Å². The van der Waals surface area contributed by atoms with E-state index in [1.165, 1.54) is 12.1 Å². The molecule has 1 N–H and O–H groups in total. The molecule has 0 saturated heterocycles. The molecule has 0 aliphatic heterocycles. The molecular weight excluding hydrogens is 308 g/mol. The predicted octanol–water partition coefficient (Wildman–Crippen LogP) is 3.35. The second-order valence-electron chi connectivity index (χ2n) is 4.58. The highest BCUT2D eigenvalue weighted by Gasteiger charge is 2.13. The zero-order valence-electron chi connectivity index (χ0n) is 11.7. The van der Waals surface area contributed by atoms with Crippen LogP contribution in [0.25, 0.3) is 0 Å². The molecule has 2 rings (SSSR count). The number of halogens is 1. The Morgan fingerprint density at radius 2 is 1.71 bits per heavy atom. The Hall–Kier alpha value is -1.85. The smallest absolute Gasteiger partial charge is 0.200 e. The van der Waals surface area contributed by atoms with Crippen molar-refractivity contribution in [2.75, 3.05) is 0 Å². The van der Waals surface area contributed by atoms with Crippen LogP contribution >= 0.6 is 11.6 Å². The van der Waals surface area contributed by atoms with Crippen LogP contribution in [0.4, 0.5) is 0 Å². The maximum absolute atomic E-state index is 12.1. The molecule has 6 heteroatoms. The molecule has 2 aromatic rings. The van der Waals surface area contributed by atoms with E-state index in [1.807, 2.05) is 13.0 Å². The number of nitrogens with one attached hydrogen (secondary N) is 1. The molecule has 4 nitrogen and oxygen atoms in total. The van der Waals surface area contributed by atoms with Gasteiger partial charge in [-0.05, 0) is 32.0 Å². The van der Waals surface area contributed by atoms with E-state index < -0.39 is 10.0 Å². The van der Waals surface area contributed by atoms with E-state index in [2.05, 4.69) is 9.93 Å². The van der Waals surface area contributed by atoms with Gasteiger partial charge in [0.25, 0.3) is 10.0 Å². The lowest BCUT2D eigenvalue weighted by molar-refractivity contribution is 0.584. The monoisotopic (exact) mass is 322 g/mol. The number of nitrogens with zero attached hydrogens (tertiary/aromatic N) is 1. The lowest BCUT2D eigenvalue weighted by atomic mass is 10.1. The molecule has 0 aliphatic carbocycles. The summed E-state index contributed by atoms with van der Waals surface area (Å²) >= 11 is 6.05. The third-order valence-corrected chi connectivity index (χ3v) is 4.48. The van der Waals surface area contributed by atoms with Gasteiger partial charge in [-0.2, -0.15) is 18.4 Å². The molecule has 0 heterocycles. The minimum Gasteiger partial charge on any atom is -0.200 e. The minimum absolute atomic E-state index is 0.170. The van der Waals surface area contributed by atoms with Crippen LogP contribution in [0.15, 0.2) is 58.5 Å². The number of rotatable bonds is 4. The molecule has 0 aromatic heterocycles. The quantitative estimate of drug-likeness (QED) is 0.693. The van der Waals surface area contributed by atoms with E-state index in [-0.39, 0.29) is 4.90 Å². The van der Waals surface area contributed by atoms with E-state index in [9.17, 15) is 8.42 Å². The zero-order chi connectivity index (χ0) is 15.5. The Morgan fingerprint density at radius 1 is 1.10 bits per heavy atom. The van der Waals surface area contributed by atoms with Gasteiger partial charge in [0.1, 0.15) is 0 Å². The van der Waals surface area contributed by atoms with Crippen LogP contribution in [-0.2, 0) is 10.0 Å². The molecule has 0 fully saturated rings. The van der Waals surface area contributed by atoms with Gasteiger partial charge in [-0.3, -0.25) is 0 Å². The van der Waals surface area contributed by atoms with Crippen LogP contribution in [0.1, 0.15) is 18.1 Å². The first-order chi connectivity index (χ1) is 9.90. The van der Waals surface area contributed by atoms with E-state index in [0.29, 0.717) is 16.3 Å². The molecule has 2 aromatic carbocycles. The lowest BCUT2D eigenvalue weighted by Gasteiger charge is -2.06. The fraction of sp³-hybridized carbons (Fsp3) is 0.133. The van der Waals surface area contributed by atoms with Crippen LogP contribution in [0.5, 0.6) is 0 Å². The molecule has 0 unspecified atom stereocenters. The highest BCUT2D eigenvalue weighted by molar-refractivity contribution is 7.89. The summed E-state index contributed by atoms with van der Waals surface area (Å²) in [4.78, 5) is 2.39.